The third kappa shape index (κ3) is 7.70. The smallest absolute Gasteiger partial charge is 0.419 e. The maximum Gasteiger partial charge on any atom is 0.419 e. The molecule has 1 aromatic heterocycles. The number of nitrogens with two attached hydrogens (primary N) is 2. The summed E-state index contributed by atoms with van der Waals surface area (Å²) in [4.78, 5) is 39.0. The molecule has 2 aromatic carbocycles. The van der Waals surface area contributed by atoms with Gasteiger partial charge in [-0.05, 0) is 89.9 Å². The van der Waals surface area contributed by atoms with Gasteiger partial charge in [0.15, 0.2) is 0 Å². The lowest BCUT2D eigenvalue weighted by Gasteiger charge is -2.21. The minimum Gasteiger partial charge on any atom is -0.456 e. The van der Waals surface area contributed by atoms with Crippen LogP contribution in [0.3, 0.4) is 0 Å². The number of esters is 1. The van der Waals surface area contributed by atoms with Gasteiger partial charge in [0.1, 0.15) is 22.7 Å². The van der Waals surface area contributed by atoms with Crippen molar-refractivity contribution in [1.82, 2.24) is 9.88 Å². The highest BCUT2D eigenvalue weighted by molar-refractivity contribution is 7.89. The Labute approximate surface area is 238 Å². The molecule has 0 aliphatic carbocycles. The Morgan fingerprint density at radius 2 is 1.54 bits per heavy atom. The average Bonchev–Trinajstić information content (AvgIpc) is 3.16. The summed E-state index contributed by atoms with van der Waals surface area (Å²) in [5, 5.41) is 16.4. The third-order valence-electron chi connectivity index (χ3n) is 5.61. The molecule has 0 aliphatic heterocycles. The van der Waals surface area contributed by atoms with Crippen molar-refractivity contribution in [2.24, 2.45) is 10.9 Å². The van der Waals surface area contributed by atoms with E-state index in [1.807, 2.05) is 0 Å². The van der Waals surface area contributed by atoms with Gasteiger partial charge in [0, 0.05) is 17.5 Å². The Morgan fingerprint density at radius 3 is 2.05 bits per heavy atom. The standard InChI is InChI=1S/C28H35N5O7S/c1-27(2,3)39-25(35)21-19-15-16(13-14-32-24(34)17-8-10-18(11-9-17)41(31,37)38)7-12-20(19)33(22(21)23(29)30)26(36)40-28(4,5)6/h7-12,15H,13-14H2,1-6H3,(H3,29,30)(H,32,34)(H2,31,37,38). The molecule has 220 valence electrons. The van der Waals surface area contributed by atoms with Gasteiger partial charge in [-0.1, -0.05) is 6.07 Å². The van der Waals surface area contributed by atoms with E-state index in [1.165, 1.54) is 24.3 Å². The molecule has 0 atom stereocenters. The topological polar surface area (TPSA) is 197 Å². The van der Waals surface area contributed by atoms with Crippen LogP contribution in [-0.2, 0) is 25.9 Å². The van der Waals surface area contributed by atoms with Gasteiger partial charge >= 0.3 is 12.1 Å². The second-order valence-electron chi connectivity index (χ2n) is 11.4. The van der Waals surface area contributed by atoms with Gasteiger partial charge in [0.25, 0.3) is 5.91 Å². The van der Waals surface area contributed by atoms with Crippen LogP contribution < -0.4 is 16.2 Å². The van der Waals surface area contributed by atoms with Crippen LogP contribution in [0.1, 0.15) is 73.5 Å². The van der Waals surface area contributed by atoms with Gasteiger partial charge in [0.2, 0.25) is 10.0 Å². The van der Waals surface area contributed by atoms with Crippen LogP contribution in [-0.4, -0.2) is 54.5 Å². The Kier molecular flexibility index (Phi) is 8.65. The summed E-state index contributed by atoms with van der Waals surface area (Å²) in [6, 6.07) is 10.2. The molecule has 41 heavy (non-hydrogen) atoms. The molecule has 0 radical (unpaired) electrons. The Morgan fingerprint density at radius 1 is 0.951 bits per heavy atom. The zero-order valence-electron chi connectivity index (χ0n) is 23.8. The first-order valence-electron chi connectivity index (χ1n) is 12.7. The van der Waals surface area contributed by atoms with Crippen molar-refractivity contribution in [3.05, 3.63) is 64.8 Å². The van der Waals surface area contributed by atoms with E-state index in [9.17, 15) is 22.8 Å². The Hall–Kier alpha value is -4.23. The molecular formula is C28H35N5O7S. The number of amides is 1. The molecule has 0 unspecified atom stereocenters. The largest absolute Gasteiger partial charge is 0.456 e. The van der Waals surface area contributed by atoms with Crippen molar-refractivity contribution in [3.8, 4) is 0 Å². The number of fused-ring (bicyclic) bond motifs is 1. The normalized spacial score (nSPS) is 12.2. The first-order chi connectivity index (χ1) is 18.8. The summed E-state index contributed by atoms with van der Waals surface area (Å²) in [6.45, 7) is 10.4. The Balaban J connectivity index is 1.97. The molecule has 0 saturated carbocycles. The number of rotatable bonds is 7. The first kappa shape index (κ1) is 31.3. The average molecular weight is 586 g/mol. The van der Waals surface area contributed by atoms with Gasteiger partial charge in [-0.3, -0.25) is 10.2 Å². The molecule has 12 nitrogen and oxygen atoms in total. The predicted octanol–water partition coefficient (Wildman–Crippen LogP) is 3.28. The number of nitrogens with one attached hydrogen (secondary N) is 2. The van der Waals surface area contributed by atoms with Gasteiger partial charge in [-0.15, -0.1) is 0 Å². The summed E-state index contributed by atoms with van der Waals surface area (Å²) < 4.78 is 35.1. The highest BCUT2D eigenvalue weighted by Gasteiger charge is 2.32. The maximum absolute atomic E-state index is 13.3. The molecule has 0 saturated heterocycles. The van der Waals surface area contributed by atoms with Gasteiger partial charge in [-0.2, -0.15) is 0 Å². The van der Waals surface area contributed by atoms with E-state index in [-0.39, 0.29) is 28.3 Å². The zero-order valence-corrected chi connectivity index (χ0v) is 24.6. The van der Waals surface area contributed by atoms with E-state index < -0.39 is 45.0 Å². The van der Waals surface area contributed by atoms with Crippen LogP contribution in [0, 0.1) is 5.41 Å². The lowest BCUT2D eigenvalue weighted by Crippen LogP contribution is -2.31. The number of benzene rings is 2. The number of amidine groups is 1. The van der Waals surface area contributed by atoms with Crippen molar-refractivity contribution < 1.29 is 32.3 Å². The summed E-state index contributed by atoms with van der Waals surface area (Å²) in [5.41, 5.74) is 5.24. The lowest BCUT2D eigenvalue weighted by atomic mass is 10.0. The van der Waals surface area contributed by atoms with Gasteiger partial charge < -0.3 is 20.5 Å². The number of nitrogen functional groups attached to an aromatic ring is 1. The summed E-state index contributed by atoms with van der Waals surface area (Å²) in [6.07, 6.45) is -0.464. The van der Waals surface area contributed by atoms with Gasteiger partial charge in [-0.25, -0.2) is 27.7 Å². The molecule has 1 amide bonds. The van der Waals surface area contributed by atoms with E-state index in [1.54, 1.807) is 59.7 Å². The van der Waals surface area contributed by atoms with Crippen LogP contribution in [0.4, 0.5) is 4.79 Å². The van der Waals surface area contributed by atoms with E-state index in [0.717, 1.165) is 4.57 Å². The summed E-state index contributed by atoms with van der Waals surface area (Å²) >= 11 is 0. The van der Waals surface area contributed by atoms with E-state index >= 15 is 0 Å². The number of primary sulfonamides is 1. The maximum atomic E-state index is 13.3. The zero-order chi connectivity index (χ0) is 30.9. The SMILES string of the molecule is CC(C)(C)OC(=O)c1c(C(=N)N)n(C(=O)OC(C)(C)C)c2ccc(CCNC(=O)c3ccc(S(N)(=O)=O)cc3)cc12. The van der Waals surface area contributed by atoms with Crippen molar-refractivity contribution in [2.45, 2.75) is 64.1 Å². The number of hydrogen-bond donors (Lipinski definition) is 4. The van der Waals surface area contributed by atoms with Crippen molar-refractivity contribution in [2.75, 3.05) is 6.54 Å². The van der Waals surface area contributed by atoms with E-state index in [0.29, 0.717) is 22.9 Å². The van der Waals surface area contributed by atoms with Crippen molar-refractivity contribution in [1.29, 1.82) is 5.41 Å². The number of carbonyl (C=O) groups is 3. The Bertz CT molecular complexity index is 1630. The monoisotopic (exact) mass is 585 g/mol. The van der Waals surface area contributed by atoms with Gasteiger partial charge in [0.05, 0.1) is 16.0 Å². The number of ether oxygens (including phenoxy) is 2. The van der Waals surface area contributed by atoms with Crippen LogP contribution in [0.25, 0.3) is 10.9 Å². The molecule has 3 rings (SSSR count). The van der Waals surface area contributed by atoms with E-state index in [4.69, 9.17) is 25.8 Å². The third-order valence-corrected chi connectivity index (χ3v) is 6.54. The fraction of sp³-hybridized carbons (Fsp3) is 0.357. The molecule has 0 bridgehead atoms. The number of carbonyl (C=O) groups excluding carboxylic acids is 3. The molecule has 6 N–H and O–H groups in total. The van der Waals surface area contributed by atoms with Crippen LogP contribution in [0.15, 0.2) is 47.4 Å². The highest BCUT2D eigenvalue weighted by atomic mass is 32.2. The number of aromatic nitrogens is 1. The number of nitrogens with zero attached hydrogens (tertiary/aromatic N) is 1. The number of sulfonamides is 1. The van der Waals surface area contributed by atoms with Crippen LogP contribution in [0.2, 0.25) is 0 Å². The quantitative estimate of drug-likeness (QED) is 0.184. The second-order valence-corrected chi connectivity index (χ2v) is 12.9. The molecular weight excluding hydrogens is 550 g/mol. The molecule has 0 fully saturated rings. The number of hydrogen-bond acceptors (Lipinski definition) is 8. The second kappa shape index (κ2) is 11.3. The minimum absolute atomic E-state index is 0.0471. The molecule has 3 aromatic rings. The van der Waals surface area contributed by atoms with Crippen molar-refractivity contribution >= 4 is 44.7 Å². The predicted molar refractivity (Wildman–Crippen MR) is 154 cm³/mol. The summed E-state index contributed by atoms with van der Waals surface area (Å²) in [7, 11) is -3.87. The van der Waals surface area contributed by atoms with Crippen LogP contribution in [0.5, 0.6) is 0 Å². The lowest BCUT2D eigenvalue weighted by molar-refractivity contribution is 0.00713. The molecule has 0 spiro atoms. The first-order valence-corrected chi connectivity index (χ1v) is 14.2. The van der Waals surface area contributed by atoms with Crippen molar-refractivity contribution in [3.63, 3.8) is 0 Å². The van der Waals surface area contributed by atoms with E-state index in [2.05, 4.69) is 5.32 Å². The molecule has 13 heteroatoms. The fourth-order valence-corrected chi connectivity index (χ4v) is 4.52. The minimum atomic E-state index is -3.87. The molecule has 1 heterocycles. The summed E-state index contributed by atoms with van der Waals surface area (Å²) in [5.74, 6) is -1.70. The van der Waals surface area contributed by atoms with Crippen LogP contribution >= 0.6 is 0 Å². The fourth-order valence-electron chi connectivity index (χ4n) is 4.00. The molecule has 0 aliphatic rings. The highest BCUT2D eigenvalue weighted by Crippen LogP contribution is 2.30.